The summed E-state index contributed by atoms with van der Waals surface area (Å²) in [6, 6.07) is 8.61. The summed E-state index contributed by atoms with van der Waals surface area (Å²) in [5, 5.41) is 19.7. The van der Waals surface area contributed by atoms with Crippen molar-refractivity contribution in [2.45, 2.75) is 71.3 Å². The topological polar surface area (TPSA) is 57.5 Å². The summed E-state index contributed by atoms with van der Waals surface area (Å²) >= 11 is 1.40. The fraction of sp³-hybridized carbons (Fsp3) is 0.458. The Bertz CT molecular complexity index is 857. The van der Waals surface area contributed by atoms with Crippen molar-refractivity contribution in [1.29, 1.82) is 0 Å². The van der Waals surface area contributed by atoms with Crippen LogP contribution in [-0.2, 0) is 11.8 Å². The van der Waals surface area contributed by atoms with Crippen LogP contribution < -0.4 is 0 Å². The van der Waals surface area contributed by atoms with Crippen LogP contribution in [0.4, 0.5) is 0 Å². The molecule has 1 atom stereocenters. The maximum atomic E-state index is 11.5. The van der Waals surface area contributed by atoms with Crippen LogP contribution in [0.1, 0.15) is 76.8 Å². The van der Waals surface area contributed by atoms with Gasteiger partial charge in [0, 0.05) is 10.3 Å². The summed E-state index contributed by atoms with van der Waals surface area (Å²) in [6.45, 7) is 13.8. The zero-order valence-corrected chi connectivity index (χ0v) is 18.4. The van der Waals surface area contributed by atoms with Crippen molar-refractivity contribution in [1.82, 2.24) is 0 Å². The molecular formula is C24H32O3S. The molecule has 0 spiro atoms. The second kappa shape index (κ2) is 8.62. The molecule has 0 aliphatic rings. The van der Waals surface area contributed by atoms with E-state index in [-0.39, 0.29) is 5.41 Å². The van der Waals surface area contributed by atoms with Gasteiger partial charge in [0.15, 0.2) is 0 Å². The molecule has 152 valence electrons. The third kappa shape index (κ3) is 4.39. The van der Waals surface area contributed by atoms with Crippen LogP contribution in [0.2, 0.25) is 0 Å². The monoisotopic (exact) mass is 400 g/mol. The lowest BCUT2D eigenvalue weighted by Crippen LogP contribution is -2.25. The molecular weight excluding hydrogens is 368 g/mol. The molecule has 1 heterocycles. The molecule has 0 saturated carbocycles. The van der Waals surface area contributed by atoms with Crippen molar-refractivity contribution >= 4 is 17.3 Å². The smallest absolute Gasteiger partial charge is 0.346 e. The van der Waals surface area contributed by atoms with Crippen molar-refractivity contribution in [2.75, 3.05) is 0 Å². The number of thiophene rings is 1. The molecule has 28 heavy (non-hydrogen) atoms. The normalized spacial score (nSPS) is 13.9. The molecule has 1 aromatic heterocycles. The van der Waals surface area contributed by atoms with Gasteiger partial charge in [-0.1, -0.05) is 38.1 Å². The molecule has 4 heteroatoms. The molecule has 2 aromatic rings. The van der Waals surface area contributed by atoms with Gasteiger partial charge in [0.1, 0.15) is 4.88 Å². The number of hydrogen-bond acceptors (Lipinski definition) is 3. The van der Waals surface area contributed by atoms with E-state index in [0.717, 1.165) is 29.7 Å². The maximum absolute atomic E-state index is 11.5. The first-order chi connectivity index (χ1) is 13.1. The summed E-state index contributed by atoms with van der Waals surface area (Å²) in [4.78, 5) is 13.1. The van der Waals surface area contributed by atoms with Gasteiger partial charge in [0.25, 0.3) is 0 Å². The lowest BCUT2D eigenvalue weighted by Gasteiger charge is -2.32. The van der Waals surface area contributed by atoms with Crippen LogP contribution in [0.15, 0.2) is 36.9 Å². The van der Waals surface area contributed by atoms with E-state index >= 15 is 0 Å². The van der Waals surface area contributed by atoms with E-state index in [1.54, 1.807) is 13.0 Å². The predicted molar refractivity (Wildman–Crippen MR) is 118 cm³/mol. The summed E-state index contributed by atoms with van der Waals surface area (Å²) in [5.41, 5.74) is 3.45. The van der Waals surface area contributed by atoms with Crippen LogP contribution in [-0.4, -0.2) is 21.8 Å². The Kier molecular flexibility index (Phi) is 6.89. The third-order valence-electron chi connectivity index (χ3n) is 6.03. The number of aromatic carboxylic acids is 1. The molecule has 0 aliphatic carbocycles. The quantitative estimate of drug-likeness (QED) is 0.505. The van der Waals surface area contributed by atoms with Crippen LogP contribution >= 0.6 is 11.3 Å². The largest absolute Gasteiger partial charge is 0.477 e. The Labute approximate surface area is 172 Å². The van der Waals surface area contributed by atoms with Crippen LogP contribution in [0, 0.1) is 13.8 Å². The van der Waals surface area contributed by atoms with Gasteiger partial charge in [-0.05, 0) is 74.8 Å². The van der Waals surface area contributed by atoms with Crippen LogP contribution in [0.25, 0.3) is 0 Å². The highest BCUT2D eigenvalue weighted by atomic mass is 32.1. The number of hydrogen-bond donors (Lipinski definition) is 2. The summed E-state index contributed by atoms with van der Waals surface area (Å²) < 4.78 is 0. The van der Waals surface area contributed by atoms with Gasteiger partial charge < -0.3 is 10.2 Å². The molecule has 0 amide bonds. The number of aliphatic hydroxyl groups is 1. The minimum Gasteiger partial charge on any atom is -0.477 e. The first-order valence-corrected chi connectivity index (χ1v) is 10.7. The van der Waals surface area contributed by atoms with Gasteiger partial charge in [-0.3, -0.25) is 0 Å². The van der Waals surface area contributed by atoms with Gasteiger partial charge in [-0.15, -0.1) is 17.9 Å². The molecule has 0 bridgehead atoms. The highest BCUT2D eigenvalue weighted by Crippen LogP contribution is 2.43. The van der Waals surface area contributed by atoms with E-state index in [4.69, 9.17) is 0 Å². The van der Waals surface area contributed by atoms with Crippen molar-refractivity contribution in [3.8, 4) is 0 Å². The Morgan fingerprint density at radius 1 is 1.18 bits per heavy atom. The second-order valence-electron chi connectivity index (χ2n) is 7.92. The van der Waals surface area contributed by atoms with Gasteiger partial charge in [0.2, 0.25) is 0 Å². The SMILES string of the molecule is C=CC(C)(O)CCc1ccc(C(CC)(CC)c2cc(C)c(C(=O)O)s2)cc1C. The van der Waals surface area contributed by atoms with E-state index in [0.29, 0.717) is 11.3 Å². The van der Waals surface area contributed by atoms with Crippen molar-refractivity contribution < 1.29 is 15.0 Å². The van der Waals surface area contributed by atoms with Crippen LogP contribution in [0.5, 0.6) is 0 Å². The minimum absolute atomic E-state index is 0.182. The van der Waals surface area contributed by atoms with Gasteiger partial charge in [0.05, 0.1) is 5.60 Å². The molecule has 0 radical (unpaired) electrons. The summed E-state index contributed by atoms with van der Waals surface area (Å²) in [5.74, 6) is -0.851. The van der Waals surface area contributed by atoms with E-state index in [1.165, 1.54) is 28.0 Å². The molecule has 1 unspecified atom stereocenters. The molecule has 1 aromatic carbocycles. The number of carboxylic acids is 1. The Morgan fingerprint density at radius 3 is 2.29 bits per heavy atom. The van der Waals surface area contributed by atoms with E-state index in [1.807, 2.05) is 13.0 Å². The first-order valence-electron chi connectivity index (χ1n) is 9.90. The highest BCUT2D eigenvalue weighted by molar-refractivity contribution is 7.14. The predicted octanol–water partition coefficient (Wildman–Crippen LogP) is 6.04. The molecule has 0 aliphatic heterocycles. The summed E-state index contributed by atoms with van der Waals surface area (Å²) in [7, 11) is 0. The maximum Gasteiger partial charge on any atom is 0.346 e. The average Bonchev–Trinajstić information content (AvgIpc) is 3.05. The fourth-order valence-electron chi connectivity index (χ4n) is 3.84. The summed E-state index contributed by atoms with van der Waals surface area (Å²) in [6.07, 6.45) is 4.83. The lowest BCUT2D eigenvalue weighted by molar-refractivity contribution is 0.0701. The molecule has 0 saturated heterocycles. The number of carbonyl (C=O) groups is 1. The zero-order valence-electron chi connectivity index (χ0n) is 17.6. The van der Waals surface area contributed by atoms with E-state index in [2.05, 4.69) is 45.5 Å². The van der Waals surface area contributed by atoms with Gasteiger partial charge in [-0.2, -0.15) is 0 Å². The fourth-order valence-corrected chi connectivity index (χ4v) is 5.21. The van der Waals surface area contributed by atoms with Crippen molar-refractivity contribution in [3.63, 3.8) is 0 Å². The number of carboxylic acid groups (broad SMARTS) is 1. The Hall–Kier alpha value is -1.91. The van der Waals surface area contributed by atoms with Gasteiger partial charge in [-0.25, -0.2) is 4.79 Å². The standard InChI is InChI=1S/C24H32O3S/c1-7-23(6,27)13-12-18-10-11-19(14-16(18)4)24(8-2,9-3)20-15-17(5)21(28-20)22(25)26/h7,10-11,14-15,27H,1,8-9,12-13H2,2-6H3,(H,25,26). The number of benzene rings is 1. The third-order valence-corrected chi connectivity index (χ3v) is 7.46. The Balaban J connectivity index is 2.44. The lowest BCUT2D eigenvalue weighted by atomic mass is 9.73. The number of aryl methyl sites for hydroxylation is 3. The zero-order chi connectivity index (χ0) is 21.1. The first kappa shape index (κ1) is 22.4. The van der Waals surface area contributed by atoms with Crippen molar-refractivity contribution in [2.24, 2.45) is 0 Å². The van der Waals surface area contributed by atoms with Crippen LogP contribution in [0.3, 0.4) is 0 Å². The molecule has 0 fully saturated rings. The molecule has 2 rings (SSSR count). The van der Waals surface area contributed by atoms with Gasteiger partial charge >= 0.3 is 5.97 Å². The minimum atomic E-state index is -0.858. The average molecular weight is 401 g/mol. The highest BCUT2D eigenvalue weighted by Gasteiger charge is 2.34. The number of rotatable bonds is 9. The second-order valence-corrected chi connectivity index (χ2v) is 8.97. The van der Waals surface area contributed by atoms with Crippen molar-refractivity contribution in [3.05, 3.63) is 68.9 Å². The van der Waals surface area contributed by atoms with E-state index in [9.17, 15) is 15.0 Å². The Morgan fingerprint density at radius 2 is 1.82 bits per heavy atom. The van der Waals surface area contributed by atoms with E-state index < -0.39 is 11.6 Å². The molecule has 2 N–H and O–H groups in total. The molecule has 3 nitrogen and oxygen atoms in total.